The molecule has 9 heteroatoms. The Hall–Kier alpha value is -3.01. The molecule has 5 N–H and O–H groups in total. The molecule has 0 radical (unpaired) electrons. The Morgan fingerprint density at radius 3 is 2.59 bits per heavy atom. The summed E-state index contributed by atoms with van der Waals surface area (Å²) >= 11 is 0. The van der Waals surface area contributed by atoms with Crippen LogP contribution in [0.15, 0.2) is 24.4 Å². The van der Waals surface area contributed by atoms with Crippen LogP contribution in [0.5, 0.6) is 0 Å². The van der Waals surface area contributed by atoms with Crippen molar-refractivity contribution in [1.82, 2.24) is 20.2 Å². The van der Waals surface area contributed by atoms with E-state index in [-0.39, 0.29) is 5.92 Å². The Balaban J connectivity index is 0.000000826. The number of hydrogen-bond donors (Lipinski definition) is 4. The maximum absolute atomic E-state index is 12.2. The fraction of sp³-hybridized carbons (Fsp3) is 0.567. The molecule has 2 aliphatic heterocycles. The van der Waals surface area contributed by atoms with Gasteiger partial charge in [0, 0.05) is 42.7 Å². The summed E-state index contributed by atoms with van der Waals surface area (Å²) in [5.74, 6) is 0.739. The maximum Gasteiger partial charge on any atom is 0.252 e. The van der Waals surface area contributed by atoms with Crippen LogP contribution in [0.3, 0.4) is 0 Å². The van der Waals surface area contributed by atoms with Crippen LogP contribution in [-0.2, 0) is 4.79 Å². The predicted octanol–water partition coefficient (Wildman–Crippen LogP) is 3.41. The van der Waals surface area contributed by atoms with Gasteiger partial charge in [0.05, 0.1) is 22.1 Å². The standard InChI is InChI=1S/C27H35N5O3.C3H9N/c1-27(2,35)16-31-10-7-18(8-11-31)19-5-6-20-22(12-19)30-24-21(25(28)34)13-29-26(23(20)24)32-9-3-4-17(14-32)15-33;1-3-4-2/h5-6,12-13,15,17-18,30,35H,3-4,7-11,14,16H2,1-2H3,(H2,28,34);4H,3H2,1-2H3/t17-;/m0./s1. The van der Waals surface area contributed by atoms with E-state index in [9.17, 15) is 14.7 Å². The van der Waals surface area contributed by atoms with Crippen molar-refractivity contribution >= 4 is 39.8 Å². The average molecular weight is 537 g/mol. The van der Waals surface area contributed by atoms with Crippen molar-refractivity contribution < 1.29 is 14.7 Å². The molecule has 1 aromatic carbocycles. The molecule has 2 aromatic heterocycles. The maximum atomic E-state index is 12.2. The number of hydrogen-bond acceptors (Lipinski definition) is 7. The molecule has 2 aliphatic rings. The number of pyridine rings is 1. The molecule has 2 fully saturated rings. The van der Waals surface area contributed by atoms with Gasteiger partial charge in [-0.3, -0.25) is 4.79 Å². The second-order valence-electron chi connectivity index (χ2n) is 11.6. The molecular formula is C30H44N6O3. The second-order valence-corrected chi connectivity index (χ2v) is 11.6. The summed E-state index contributed by atoms with van der Waals surface area (Å²) in [4.78, 5) is 36.3. The first-order chi connectivity index (χ1) is 18.6. The summed E-state index contributed by atoms with van der Waals surface area (Å²) in [7, 11) is 1.93. The number of benzene rings is 1. The summed E-state index contributed by atoms with van der Waals surface area (Å²) in [5, 5.41) is 15.0. The van der Waals surface area contributed by atoms with E-state index < -0.39 is 11.5 Å². The molecule has 0 saturated carbocycles. The van der Waals surface area contributed by atoms with E-state index in [4.69, 9.17) is 5.73 Å². The van der Waals surface area contributed by atoms with Crippen LogP contribution in [0.4, 0.5) is 5.82 Å². The van der Waals surface area contributed by atoms with Gasteiger partial charge in [-0.1, -0.05) is 19.1 Å². The Morgan fingerprint density at radius 1 is 1.26 bits per heavy atom. The van der Waals surface area contributed by atoms with Gasteiger partial charge in [0.25, 0.3) is 5.91 Å². The quantitative estimate of drug-likeness (QED) is 0.341. The molecule has 212 valence electrons. The smallest absolute Gasteiger partial charge is 0.252 e. The molecule has 0 bridgehead atoms. The Kier molecular flexibility index (Phi) is 9.25. The molecule has 0 unspecified atom stereocenters. The molecular weight excluding hydrogens is 492 g/mol. The molecule has 1 amide bonds. The van der Waals surface area contributed by atoms with Crippen molar-refractivity contribution in [1.29, 1.82) is 0 Å². The van der Waals surface area contributed by atoms with Gasteiger partial charge in [-0.15, -0.1) is 0 Å². The Bertz CT molecular complexity index is 1290. The van der Waals surface area contributed by atoms with E-state index >= 15 is 0 Å². The fourth-order valence-electron chi connectivity index (χ4n) is 5.87. The highest BCUT2D eigenvalue weighted by Gasteiger charge is 2.27. The fourth-order valence-corrected chi connectivity index (χ4v) is 5.87. The number of β-amino-alcohol motifs (C(OH)–C–C–N with tert-alkyl or cyclic N) is 1. The Morgan fingerprint density at radius 2 is 1.97 bits per heavy atom. The first kappa shape index (κ1) is 29.0. The number of aromatic amines is 1. The van der Waals surface area contributed by atoms with Crippen molar-refractivity contribution in [3.8, 4) is 0 Å². The average Bonchev–Trinajstić information content (AvgIpc) is 3.31. The van der Waals surface area contributed by atoms with Crippen LogP contribution in [0.1, 0.15) is 68.3 Å². The molecule has 0 spiro atoms. The van der Waals surface area contributed by atoms with Crippen LogP contribution in [0.2, 0.25) is 0 Å². The number of carbonyl (C=O) groups excluding carboxylic acids is 2. The van der Waals surface area contributed by atoms with Crippen LogP contribution in [0, 0.1) is 5.92 Å². The zero-order chi connectivity index (χ0) is 28.2. The minimum Gasteiger partial charge on any atom is -0.389 e. The summed E-state index contributed by atoms with van der Waals surface area (Å²) in [6.07, 6.45) is 6.51. The van der Waals surface area contributed by atoms with Crippen molar-refractivity contribution in [3.05, 3.63) is 35.5 Å². The van der Waals surface area contributed by atoms with Crippen LogP contribution in [0.25, 0.3) is 21.8 Å². The van der Waals surface area contributed by atoms with Gasteiger partial charge < -0.3 is 35.7 Å². The van der Waals surface area contributed by atoms with E-state index in [1.807, 2.05) is 20.9 Å². The number of piperidine rings is 2. The molecule has 3 aromatic rings. The number of amides is 1. The van der Waals surface area contributed by atoms with Crippen molar-refractivity contribution in [2.45, 2.75) is 58.0 Å². The number of fused-ring (bicyclic) bond motifs is 3. The van der Waals surface area contributed by atoms with Crippen molar-refractivity contribution in [2.24, 2.45) is 11.7 Å². The van der Waals surface area contributed by atoms with Gasteiger partial charge in [-0.05, 0) is 83.8 Å². The number of nitrogens with zero attached hydrogens (tertiary/aromatic N) is 3. The number of primary amides is 1. The number of rotatable bonds is 7. The number of likely N-dealkylation sites (tertiary alicyclic amines) is 1. The normalized spacial score (nSPS) is 19.2. The lowest BCUT2D eigenvalue weighted by Gasteiger charge is -2.35. The number of aliphatic hydroxyl groups is 1. The lowest BCUT2D eigenvalue weighted by Crippen LogP contribution is -2.42. The van der Waals surface area contributed by atoms with E-state index in [0.29, 0.717) is 30.1 Å². The number of nitrogens with one attached hydrogen (secondary N) is 2. The molecule has 5 rings (SSSR count). The molecule has 9 nitrogen and oxygen atoms in total. The minimum absolute atomic E-state index is 0.00417. The largest absolute Gasteiger partial charge is 0.389 e. The Labute approximate surface area is 231 Å². The van der Waals surface area contributed by atoms with E-state index in [2.05, 4.69) is 50.2 Å². The number of aldehydes is 1. The SMILES string of the molecule is CC(C)(O)CN1CCC(c2ccc3c(c2)[nH]c2c(C(N)=O)cnc(N4CCC[C@H](C=O)C4)c23)CC1.CCNC. The van der Waals surface area contributed by atoms with Crippen molar-refractivity contribution in [3.63, 3.8) is 0 Å². The molecule has 4 heterocycles. The lowest BCUT2D eigenvalue weighted by atomic mass is 9.88. The zero-order valence-corrected chi connectivity index (χ0v) is 23.8. The number of anilines is 1. The van der Waals surface area contributed by atoms with Crippen LogP contribution in [-0.4, -0.2) is 84.1 Å². The summed E-state index contributed by atoms with van der Waals surface area (Å²) in [6, 6.07) is 6.52. The van der Waals surface area contributed by atoms with Crippen LogP contribution < -0.4 is 16.0 Å². The summed E-state index contributed by atoms with van der Waals surface area (Å²) < 4.78 is 0. The van der Waals surface area contributed by atoms with Gasteiger partial charge in [0.1, 0.15) is 12.1 Å². The molecule has 1 atom stereocenters. The predicted molar refractivity (Wildman–Crippen MR) is 157 cm³/mol. The minimum atomic E-state index is -0.680. The first-order valence-corrected chi connectivity index (χ1v) is 14.2. The monoisotopic (exact) mass is 536 g/mol. The van der Waals surface area contributed by atoms with Gasteiger partial charge in [0.15, 0.2) is 0 Å². The van der Waals surface area contributed by atoms with E-state index in [1.165, 1.54) is 5.56 Å². The van der Waals surface area contributed by atoms with Gasteiger partial charge in [-0.25, -0.2) is 4.98 Å². The zero-order valence-electron chi connectivity index (χ0n) is 23.8. The highest BCUT2D eigenvalue weighted by atomic mass is 16.3. The molecule has 39 heavy (non-hydrogen) atoms. The lowest BCUT2D eigenvalue weighted by molar-refractivity contribution is -0.111. The van der Waals surface area contributed by atoms with E-state index in [0.717, 1.165) is 80.3 Å². The highest BCUT2D eigenvalue weighted by Crippen LogP contribution is 2.38. The van der Waals surface area contributed by atoms with Crippen LogP contribution >= 0.6 is 0 Å². The first-order valence-electron chi connectivity index (χ1n) is 14.2. The van der Waals surface area contributed by atoms with Gasteiger partial charge in [-0.2, -0.15) is 0 Å². The third-order valence-electron chi connectivity index (χ3n) is 7.87. The topological polar surface area (TPSA) is 128 Å². The number of carbonyl (C=O) groups is 2. The second kappa shape index (κ2) is 12.4. The summed E-state index contributed by atoms with van der Waals surface area (Å²) in [5.41, 5.74) is 8.35. The number of H-pyrrole nitrogens is 1. The number of nitrogens with two attached hydrogens (primary N) is 1. The third-order valence-corrected chi connectivity index (χ3v) is 7.87. The van der Waals surface area contributed by atoms with Gasteiger partial charge in [0.2, 0.25) is 0 Å². The summed E-state index contributed by atoms with van der Waals surface area (Å²) in [6.45, 7) is 10.9. The third kappa shape index (κ3) is 6.77. The van der Waals surface area contributed by atoms with Gasteiger partial charge >= 0.3 is 0 Å². The van der Waals surface area contributed by atoms with Crippen molar-refractivity contribution in [2.75, 3.05) is 51.2 Å². The number of aromatic nitrogens is 2. The molecule has 0 aliphatic carbocycles. The highest BCUT2D eigenvalue weighted by molar-refractivity contribution is 6.18. The molecule has 2 saturated heterocycles. The van der Waals surface area contributed by atoms with E-state index in [1.54, 1.807) is 6.20 Å².